The molecule has 26 heavy (non-hydrogen) atoms. The fourth-order valence-corrected chi connectivity index (χ4v) is 2.83. The average Bonchev–Trinajstić information content (AvgIpc) is 3.11. The van der Waals surface area contributed by atoms with Gasteiger partial charge in [0.15, 0.2) is 11.5 Å². The molecule has 132 valence electrons. The monoisotopic (exact) mass is 370 g/mol. The number of nitro benzene ring substituents is 1. The Kier molecular flexibility index (Phi) is 5.09. The van der Waals surface area contributed by atoms with E-state index in [1.807, 2.05) is 5.38 Å². The number of nitrogens with zero attached hydrogens (tertiary/aromatic N) is 3. The first-order valence-electron chi connectivity index (χ1n) is 7.43. The molecule has 2 aromatic carbocycles. The van der Waals surface area contributed by atoms with Gasteiger partial charge in [0, 0.05) is 23.1 Å². The number of aromatic hydroxyl groups is 1. The molecule has 0 bridgehead atoms. The number of ether oxygens (including phenoxy) is 1. The molecule has 1 aromatic heterocycles. The van der Waals surface area contributed by atoms with Gasteiger partial charge in [0.25, 0.3) is 5.69 Å². The molecule has 0 atom stereocenters. The number of nitrogens with one attached hydrogen (secondary N) is 1. The smallest absolute Gasteiger partial charge is 0.269 e. The Morgan fingerprint density at radius 2 is 2.08 bits per heavy atom. The molecule has 0 unspecified atom stereocenters. The average molecular weight is 370 g/mol. The minimum absolute atomic E-state index is 0.0335. The van der Waals surface area contributed by atoms with E-state index in [4.69, 9.17) is 4.74 Å². The molecule has 0 amide bonds. The number of methoxy groups -OCH3 is 1. The zero-order valence-electron chi connectivity index (χ0n) is 13.6. The molecule has 2 N–H and O–H groups in total. The summed E-state index contributed by atoms with van der Waals surface area (Å²) >= 11 is 1.36. The minimum Gasteiger partial charge on any atom is -0.504 e. The number of hydrazone groups is 1. The maximum absolute atomic E-state index is 10.7. The molecule has 0 saturated heterocycles. The normalized spacial score (nSPS) is 10.8. The molecule has 0 radical (unpaired) electrons. The number of thiazole rings is 1. The summed E-state index contributed by atoms with van der Waals surface area (Å²) in [6.07, 6.45) is 1.55. The molecule has 0 saturated carbocycles. The van der Waals surface area contributed by atoms with Crippen LogP contribution < -0.4 is 10.2 Å². The highest BCUT2D eigenvalue weighted by atomic mass is 32.1. The third kappa shape index (κ3) is 3.95. The summed E-state index contributed by atoms with van der Waals surface area (Å²) in [6, 6.07) is 11.1. The molecule has 9 heteroatoms. The standard InChI is InChI=1S/C17H14N4O4S/c1-25-16-7-2-11(8-15(16)22)9-18-20-17-19-14(10-26-17)12-3-5-13(6-4-12)21(23)24/h2-10,22H,1H3,(H,19,20)/b18-9+. The molecule has 0 fully saturated rings. The number of phenolic OH excluding ortho intramolecular Hbond substituents is 1. The Bertz CT molecular complexity index is 954. The molecule has 8 nitrogen and oxygen atoms in total. The van der Waals surface area contributed by atoms with Gasteiger partial charge in [-0.25, -0.2) is 4.98 Å². The van der Waals surface area contributed by atoms with E-state index in [0.717, 1.165) is 5.56 Å². The number of hydrogen-bond acceptors (Lipinski definition) is 8. The highest BCUT2D eigenvalue weighted by Gasteiger charge is 2.08. The maximum Gasteiger partial charge on any atom is 0.269 e. The van der Waals surface area contributed by atoms with Gasteiger partial charge in [-0.2, -0.15) is 5.10 Å². The van der Waals surface area contributed by atoms with Crippen LogP contribution in [0.4, 0.5) is 10.8 Å². The SMILES string of the molecule is COc1ccc(/C=N/Nc2nc(-c3ccc([N+](=O)[O-])cc3)cs2)cc1O. The van der Waals surface area contributed by atoms with Crippen LogP contribution in [-0.2, 0) is 0 Å². The van der Waals surface area contributed by atoms with Gasteiger partial charge in [0.2, 0.25) is 5.13 Å². The third-order valence-corrected chi connectivity index (χ3v) is 4.20. The number of benzene rings is 2. The van der Waals surface area contributed by atoms with Crippen LogP contribution in [0.2, 0.25) is 0 Å². The van der Waals surface area contributed by atoms with Crippen molar-refractivity contribution < 1.29 is 14.8 Å². The summed E-state index contributed by atoms with van der Waals surface area (Å²) in [4.78, 5) is 14.6. The Hall–Kier alpha value is -3.46. The van der Waals surface area contributed by atoms with Crippen LogP contribution in [0, 0.1) is 10.1 Å². The van der Waals surface area contributed by atoms with E-state index in [1.54, 1.807) is 30.5 Å². The van der Waals surface area contributed by atoms with E-state index in [-0.39, 0.29) is 11.4 Å². The van der Waals surface area contributed by atoms with Crippen molar-refractivity contribution >= 4 is 28.4 Å². The topological polar surface area (TPSA) is 110 Å². The third-order valence-electron chi connectivity index (χ3n) is 3.45. The summed E-state index contributed by atoms with van der Waals surface area (Å²) in [7, 11) is 1.48. The molecule has 0 aliphatic heterocycles. The lowest BCUT2D eigenvalue weighted by Gasteiger charge is -2.02. The van der Waals surface area contributed by atoms with E-state index in [0.29, 0.717) is 22.1 Å². The van der Waals surface area contributed by atoms with Crippen LogP contribution >= 0.6 is 11.3 Å². The van der Waals surface area contributed by atoms with Crippen LogP contribution in [0.15, 0.2) is 52.9 Å². The summed E-state index contributed by atoms with van der Waals surface area (Å²) in [5, 5.41) is 26.9. The number of rotatable bonds is 6. The Morgan fingerprint density at radius 3 is 2.73 bits per heavy atom. The predicted molar refractivity (Wildman–Crippen MR) is 100 cm³/mol. The van der Waals surface area contributed by atoms with E-state index < -0.39 is 4.92 Å². The fourth-order valence-electron chi connectivity index (χ4n) is 2.16. The lowest BCUT2D eigenvalue weighted by Crippen LogP contribution is -1.91. The molecule has 1 heterocycles. The number of non-ortho nitro benzene ring substituents is 1. The fraction of sp³-hybridized carbons (Fsp3) is 0.0588. The molecular formula is C17H14N4O4S. The Labute approximate surface area is 152 Å². The van der Waals surface area contributed by atoms with E-state index >= 15 is 0 Å². The van der Waals surface area contributed by atoms with Crippen molar-refractivity contribution in [1.82, 2.24) is 4.98 Å². The van der Waals surface area contributed by atoms with Crippen molar-refractivity contribution in [3.8, 4) is 22.8 Å². The first-order valence-corrected chi connectivity index (χ1v) is 8.31. The molecule has 0 aliphatic carbocycles. The second-order valence-electron chi connectivity index (χ2n) is 5.14. The van der Waals surface area contributed by atoms with Gasteiger partial charge in [0.1, 0.15) is 0 Å². The van der Waals surface area contributed by atoms with Crippen molar-refractivity contribution in [2.75, 3.05) is 12.5 Å². The second-order valence-corrected chi connectivity index (χ2v) is 6.00. The van der Waals surface area contributed by atoms with Gasteiger partial charge >= 0.3 is 0 Å². The number of anilines is 1. The first-order chi connectivity index (χ1) is 12.6. The van der Waals surface area contributed by atoms with Gasteiger partial charge in [0.05, 0.1) is 23.9 Å². The van der Waals surface area contributed by atoms with Gasteiger partial charge in [-0.3, -0.25) is 15.5 Å². The molecule has 3 rings (SSSR count). The summed E-state index contributed by atoms with van der Waals surface area (Å²) in [5.74, 6) is 0.425. The van der Waals surface area contributed by atoms with Crippen molar-refractivity contribution in [3.63, 3.8) is 0 Å². The molecule has 3 aromatic rings. The van der Waals surface area contributed by atoms with Crippen LogP contribution in [0.25, 0.3) is 11.3 Å². The summed E-state index contributed by atoms with van der Waals surface area (Å²) < 4.78 is 4.98. The van der Waals surface area contributed by atoms with Crippen LogP contribution in [0.5, 0.6) is 11.5 Å². The Balaban J connectivity index is 1.66. The summed E-state index contributed by atoms with van der Waals surface area (Å²) in [6.45, 7) is 0. The van der Waals surface area contributed by atoms with Crippen molar-refractivity contribution in [3.05, 3.63) is 63.5 Å². The molecule has 0 spiro atoms. The number of nitro groups is 1. The van der Waals surface area contributed by atoms with Crippen LogP contribution in [0.3, 0.4) is 0 Å². The number of hydrogen-bond donors (Lipinski definition) is 2. The first kappa shape index (κ1) is 17.4. The van der Waals surface area contributed by atoms with Gasteiger partial charge in [-0.1, -0.05) is 0 Å². The van der Waals surface area contributed by atoms with Crippen LogP contribution in [-0.4, -0.2) is 28.3 Å². The quantitative estimate of drug-likeness (QED) is 0.387. The number of phenols is 1. The van der Waals surface area contributed by atoms with Gasteiger partial charge < -0.3 is 9.84 Å². The lowest BCUT2D eigenvalue weighted by molar-refractivity contribution is -0.384. The van der Waals surface area contributed by atoms with E-state index in [2.05, 4.69) is 15.5 Å². The lowest BCUT2D eigenvalue weighted by atomic mass is 10.1. The van der Waals surface area contributed by atoms with E-state index in [1.165, 1.54) is 36.6 Å². The molecular weight excluding hydrogens is 356 g/mol. The molecule has 0 aliphatic rings. The largest absolute Gasteiger partial charge is 0.504 e. The predicted octanol–water partition coefficient (Wildman–Crippen LogP) is 3.88. The minimum atomic E-state index is -0.441. The highest BCUT2D eigenvalue weighted by Crippen LogP contribution is 2.27. The van der Waals surface area contributed by atoms with Crippen molar-refractivity contribution in [2.45, 2.75) is 0 Å². The van der Waals surface area contributed by atoms with Gasteiger partial charge in [-0.15, -0.1) is 11.3 Å². The number of aromatic nitrogens is 1. The second kappa shape index (κ2) is 7.62. The zero-order chi connectivity index (χ0) is 18.5. The zero-order valence-corrected chi connectivity index (χ0v) is 14.4. The highest BCUT2D eigenvalue weighted by molar-refractivity contribution is 7.14. The maximum atomic E-state index is 10.7. The summed E-state index contributed by atoms with van der Waals surface area (Å²) in [5.41, 5.74) is 5.03. The van der Waals surface area contributed by atoms with Crippen molar-refractivity contribution in [1.29, 1.82) is 0 Å². The van der Waals surface area contributed by atoms with Crippen LogP contribution in [0.1, 0.15) is 5.56 Å². The van der Waals surface area contributed by atoms with E-state index in [9.17, 15) is 15.2 Å². The van der Waals surface area contributed by atoms with Crippen molar-refractivity contribution in [2.24, 2.45) is 5.10 Å². The Morgan fingerprint density at radius 1 is 1.31 bits per heavy atom. The van der Waals surface area contributed by atoms with Gasteiger partial charge in [-0.05, 0) is 35.9 Å².